The minimum absolute atomic E-state index is 0.0113. The third-order valence-electron chi connectivity index (χ3n) is 6.86. The first-order valence-electron chi connectivity index (χ1n) is 11.2. The summed E-state index contributed by atoms with van der Waals surface area (Å²) in [4.78, 5) is 44.1. The van der Waals surface area contributed by atoms with Crippen LogP contribution in [0.15, 0.2) is 48.6 Å². The van der Waals surface area contributed by atoms with Crippen molar-refractivity contribution in [2.75, 3.05) is 31.2 Å². The van der Waals surface area contributed by atoms with E-state index >= 15 is 0 Å². The molecule has 4 heterocycles. The number of esters is 1. The Bertz CT molecular complexity index is 1050. The van der Waals surface area contributed by atoms with Gasteiger partial charge >= 0.3 is 5.97 Å². The second-order valence-corrected chi connectivity index (χ2v) is 10.6. The Morgan fingerprint density at radius 3 is 2.76 bits per heavy atom. The topological polar surface area (TPSA) is 87.2 Å². The third-order valence-corrected chi connectivity index (χ3v) is 8.93. The number of aliphatic hydroxyl groups excluding tert-OH is 1. The average molecular weight is 489 g/mol. The zero-order valence-electron chi connectivity index (χ0n) is 17.9. The quantitative estimate of drug-likeness (QED) is 0.389. The molecule has 0 aliphatic carbocycles. The lowest BCUT2D eigenvalue weighted by Crippen LogP contribution is -2.53. The molecule has 2 fully saturated rings. The number of ether oxygens (including phenoxy) is 1. The molecule has 174 valence electrons. The molecule has 5 atom stereocenters. The molecule has 9 heteroatoms. The van der Waals surface area contributed by atoms with Crippen molar-refractivity contribution in [2.24, 2.45) is 11.8 Å². The molecule has 5 rings (SSSR count). The lowest BCUT2D eigenvalue weighted by Gasteiger charge is -2.35. The molecule has 2 saturated heterocycles. The van der Waals surface area contributed by atoms with Crippen LogP contribution in [0.5, 0.6) is 0 Å². The van der Waals surface area contributed by atoms with Gasteiger partial charge in [-0.1, -0.05) is 48.0 Å². The molecule has 1 aromatic carbocycles. The van der Waals surface area contributed by atoms with Crippen molar-refractivity contribution in [2.45, 2.75) is 28.9 Å². The smallest absolute Gasteiger partial charge is 0.311 e. The van der Waals surface area contributed by atoms with Gasteiger partial charge in [0.15, 0.2) is 0 Å². The Morgan fingerprint density at radius 1 is 1.15 bits per heavy atom. The predicted octanol–water partition coefficient (Wildman–Crippen LogP) is 2.43. The second-order valence-electron chi connectivity index (χ2n) is 8.67. The van der Waals surface area contributed by atoms with Gasteiger partial charge < -0.3 is 19.6 Å². The number of nitrogens with zero attached hydrogens (tertiary/aromatic N) is 2. The molecule has 7 nitrogen and oxygen atoms in total. The van der Waals surface area contributed by atoms with Crippen molar-refractivity contribution in [3.05, 3.63) is 53.6 Å². The summed E-state index contributed by atoms with van der Waals surface area (Å²) in [5.41, 5.74) is 0.591. The van der Waals surface area contributed by atoms with Gasteiger partial charge in [-0.2, -0.15) is 0 Å². The molecule has 0 saturated carbocycles. The van der Waals surface area contributed by atoms with Gasteiger partial charge in [-0.15, -0.1) is 11.8 Å². The van der Waals surface area contributed by atoms with Crippen LogP contribution < -0.4 is 4.90 Å². The van der Waals surface area contributed by atoms with Crippen LogP contribution in [0.4, 0.5) is 5.69 Å². The van der Waals surface area contributed by atoms with Crippen LogP contribution in [0, 0.1) is 11.8 Å². The van der Waals surface area contributed by atoms with Crippen molar-refractivity contribution in [3.8, 4) is 0 Å². The van der Waals surface area contributed by atoms with Gasteiger partial charge in [0, 0.05) is 24.9 Å². The fourth-order valence-corrected chi connectivity index (χ4v) is 7.73. The van der Waals surface area contributed by atoms with E-state index in [2.05, 4.69) is 0 Å². The highest BCUT2D eigenvalue weighted by molar-refractivity contribution is 8.02. The fourth-order valence-electron chi connectivity index (χ4n) is 5.49. The Morgan fingerprint density at radius 2 is 1.97 bits per heavy atom. The molecule has 0 aromatic heterocycles. The van der Waals surface area contributed by atoms with Crippen LogP contribution in [0.3, 0.4) is 0 Å². The summed E-state index contributed by atoms with van der Waals surface area (Å²) in [5, 5.41) is 9.48. The number of thioether (sulfide) groups is 1. The Labute approximate surface area is 201 Å². The summed E-state index contributed by atoms with van der Waals surface area (Å²) in [6.45, 7) is 0.861. The molecular formula is C24H25ClN2O5S. The summed E-state index contributed by atoms with van der Waals surface area (Å²) < 4.78 is 4.49. The van der Waals surface area contributed by atoms with Crippen LogP contribution in [0.25, 0.3) is 0 Å². The molecule has 4 aliphatic heterocycles. The summed E-state index contributed by atoms with van der Waals surface area (Å²) in [6.07, 6.45) is 8.70. The first kappa shape index (κ1) is 22.5. The lowest BCUT2D eigenvalue weighted by molar-refractivity contribution is -0.151. The summed E-state index contributed by atoms with van der Waals surface area (Å²) >= 11 is 7.94. The monoisotopic (exact) mass is 488 g/mol. The Kier molecular flexibility index (Phi) is 6.01. The number of hydrogen-bond donors (Lipinski definition) is 1. The molecule has 1 spiro atoms. The lowest BCUT2D eigenvalue weighted by atomic mass is 9.78. The van der Waals surface area contributed by atoms with Crippen LogP contribution in [0.2, 0.25) is 5.02 Å². The number of hydrogen-bond acceptors (Lipinski definition) is 6. The molecule has 4 aliphatic rings. The zero-order valence-corrected chi connectivity index (χ0v) is 19.5. The number of rotatable bonds is 5. The first-order valence-corrected chi connectivity index (χ1v) is 12.4. The molecule has 2 amide bonds. The van der Waals surface area contributed by atoms with E-state index in [1.165, 1.54) is 11.8 Å². The minimum atomic E-state index is -0.876. The van der Waals surface area contributed by atoms with Gasteiger partial charge in [0.2, 0.25) is 5.91 Å². The van der Waals surface area contributed by atoms with E-state index in [0.717, 1.165) is 0 Å². The van der Waals surface area contributed by atoms with Crippen LogP contribution in [0.1, 0.15) is 12.8 Å². The Balaban J connectivity index is 1.60. The molecule has 0 bridgehead atoms. The fraction of sp³-hybridized carbons (Fsp3) is 0.458. The van der Waals surface area contributed by atoms with E-state index in [0.29, 0.717) is 36.6 Å². The normalized spacial score (nSPS) is 32.8. The van der Waals surface area contributed by atoms with E-state index in [-0.39, 0.29) is 30.3 Å². The van der Waals surface area contributed by atoms with Crippen molar-refractivity contribution in [1.29, 1.82) is 0 Å². The highest BCUT2D eigenvalue weighted by Crippen LogP contribution is 2.61. The van der Waals surface area contributed by atoms with Crippen LogP contribution in [-0.2, 0) is 19.1 Å². The van der Waals surface area contributed by atoms with Gasteiger partial charge in [0.1, 0.15) is 12.6 Å². The van der Waals surface area contributed by atoms with Crippen molar-refractivity contribution < 1.29 is 24.2 Å². The van der Waals surface area contributed by atoms with Gasteiger partial charge in [-0.3, -0.25) is 14.4 Å². The highest BCUT2D eigenvalue weighted by Gasteiger charge is 2.71. The summed E-state index contributed by atoms with van der Waals surface area (Å²) in [7, 11) is 0. The second kappa shape index (κ2) is 8.81. The molecule has 33 heavy (non-hydrogen) atoms. The SMILES string of the molecule is O=C1OCC=C[C@@H]2S[C@]34C=CCN(c5ccccc5Cl)C(=O)C3N(CCCCO)C(=O)[C@@H]4[C@H]12. The van der Waals surface area contributed by atoms with Gasteiger partial charge in [-0.05, 0) is 25.0 Å². The highest BCUT2D eigenvalue weighted by atomic mass is 35.5. The maximum Gasteiger partial charge on any atom is 0.311 e. The number of likely N-dealkylation sites (tertiary alicyclic amines) is 1. The number of aliphatic hydroxyl groups is 1. The number of para-hydroxylation sites is 1. The van der Waals surface area contributed by atoms with E-state index in [9.17, 15) is 19.5 Å². The predicted molar refractivity (Wildman–Crippen MR) is 126 cm³/mol. The number of unbranched alkanes of at least 4 members (excludes halogenated alkanes) is 1. The Hall–Kier alpha value is -2.29. The van der Waals surface area contributed by atoms with Crippen LogP contribution >= 0.6 is 23.4 Å². The number of cyclic esters (lactones) is 1. The van der Waals surface area contributed by atoms with E-state index in [1.807, 2.05) is 30.4 Å². The van der Waals surface area contributed by atoms with Crippen molar-refractivity contribution >= 4 is 46.8 Å². The third kappa shape index (κ3) is 3.50. The number of amides is 2. The number of fused-ring (bicyclic) bond motifs is 2. The summed E-state index contributed by atoms with van der Waals surface area (Å²) in [5.74, 6) is -2.14. The van der Waals surface area contributed by atoms with Gasteiger partial charge in [0.05, 0.1) is 27.3 Å². The standard InChI is InChI=1S/C24H25ClN2O5S/c25-15-7-1-2-8-16(15)26-12-6-10-24-19(18-17(33-24)9-5-14-32-23(18)31)21(29)27(11-3-4-13-28)20(24)22(26)30/h1-2,5-10,17-20,28H,3-4,11-14H2/t17-,18+,19-,20?,24-/m0/s1. The van der Waals surface area contributed by atoms with E-state index in [4.69, 9.17) is 16.3 Å². The molecule has 1 N–H and O–H groups in total. The van der Waals surface area contributed by atoms with E-state index < -0.39 is 28.6 Å². The maximum atomic E-state index is 14.1. The zero-order chi connectivity index (χ0) is 23.2. The van der Waals surface area contributed by atoms with Crippen LogP contribution in [-0.4, -0.2) is 70.1 Å². The minimum Gasteiger partial charge on any atom is -0.461 e. The number of benzene rings is 1. The molecular weight excluding hydrogens is 464 g/mol. The number of anilines is 1. The number of carbonyl (C=O) groups excluding carboxylic acids is 3. The first-order chi connectivity index (χ1) is 16.0. The van der Waals surface area contributed by atoms with E-state index in [1.54, 1.807) is 28.0 Å². The number of carbonyl (C=O) groups is 3. The van der Waals surface area contributed by atoms with Crippen molar-refractivity contribution in [3.63, 3.8) is 0 Å². The molecule has 0 radical (unpaired) electrons. The van der Waals surface area contributed by atoms with Gasteiger partial charge in [0.25, 0.3) is 5.91 Å². The average Bonchev–Trinajstić information content (AvgIpc) is 3.09. The van der Waals surface area contributed by atoms with Gasteiger partial charge in [-0.25, -0.2) is 0 Å². The largest absolute Gasteiger partial charge is 0.461 e. The number of halogens is 1. The summed E-state index contributed by atoms with van der Waals surface area (Å²) in [6, 6.07) is 6.38. The maximum absolute atomic E-state index is 14.1. The molecule has 1 aromatic rings. The van der Waals surface area contributed by atoms with Crippen molar-refractivity contribution in [1.82, 2.24) is 4.90 Å². The molecule has 1 unspecified atom stereocenters.